The van der Waals surface area contributed by atoms with Crippen LogP contribution in [-0.2, 0) is 11.2 Å². The lowest BCUT2D eigenvalue weighted by Crippen LogP contribution is -2.53. The van der Waals surface area contributed by atoms with Crippen molar-refractivity contribution >= 4 is 28.5 Å². The van der Waals surface area contributed by atoms with Gasteiger partial charge in [-0.2, -0.15) is 0 Å². The quantitative estimate of drug-likeness (QED) is 0.409. The first-order chi connectivity index (χ1) is 17.9. The van der Waals surface area contributed by atoms with Gasteiger partial charge < -0.3 is 20.1 Å². The number of nitrogens with one attached hydrogen (secondary N) is 1. The molecule has 1 saturated carbocycles. The number of hydrogen-bond donors (Lipinski definition) is 2. The smallest absolute Gasteiger partial charge is 0.323 e. The Morgan fingerprint density at radius 2 is 2.08 bits per heavy atom. The predicted molar refractivity (Wildman–Crippen MR) is 143 cm³/mol. The molecule has 0 bridgehead atoms. The number of ether oxygens (including phenoxy) is 1. The van der Waals surface area contributed by atoms with E-state index in [-0.39, 0.29) is 5.82 Å². The second kappa shape index (κ2) is 10.9. The van der Waals surface area contributed by atoms with E-state index in [0.29, 0.717) is 42.8 Å². The Morgan fingerprint density at radius 3 is 2.84 bits per heavy atom. The zero-order valence-corrected chi connectivity index (χ0v) is 21.8. The summed E-state index contributed by atoms with van der Waals surface area (Å²) in [7, 11) is 1.62. The maximum atomic E-state index is 13.6. The molecule has 5 rings (SSSR count). The van der Waals surface area contributed by atoms with Crippen LogP contribution in [-0.4, -0.2) is 59.3 Å². The molecule has 1 unspecified atom stereocenters. The summed E-state index contributed by atoms with van der Waals surface area (Å²) in [5.41, 5.74) is 1.86. The molecule has 6 nitrogen and oxygen atoms in total. The summed E-state index contributed by atoms with van der Waals surface area (Å²) in [4.78, 5) is 19.3. The van der Waals surface area contributed by atoms with E-state index in [1.54, 1.807) is 25.4 Å². The van der Waals surface area contributed by atoms with Crippen molar-refractivity contribution in [3.63, 3.8) is 0 Å². The zero-order valence-electron chi connectivity index (χ0n) is 21.1. The highest BCUT2D eigenvalue weighted by Crippen LogP contribution is 2.41. The number of nitrogens with zero attached hydrogens (tertiary/aromatic N) is 2. The number of benzene rings is 2. The summed E-state index contributed by atoms with van der Waals surface area (Å²) in [6.45, 7) is 2.11. The molecule has 2 heterocycles. The van der Waals surface area contributed by atoms with Gasteiger partial charge in [-0.15, -0.1) is 0 Å². The number of fused-ring (bicyclic) bond motifs is 1. The van der Waals surface area contributed by atoms with Gasteiger partial charge in [0.25, 0.3) is 0 Å². The SMILES string of the molecule is COc1ccc2ncc(Cl)c(CCNC3(C(=O)O)CCCN(C4CC(c5cccc(F)c5)C4)CC3)c2c1. The highest BCUT2D eigenvalue weighted by Gasteiger charge is 2.42. The van der Waals surface area contributed by atoms with Gasteiger partial charge in [-0.05, 0) is 92.4 Å². The fraction of sp³-hybridized carbons (Fsp3) is 0.448. The van der Waals surface area contributed by atoms with Crippen LogP contribution in [0.4, 0.5) is 4.39 Å². The van der Waals surface area contributed by atoms with E-state index in [4.69, 9.17) is 16.3 Å². The molecule has 0 radical (unpaired) electrons. The molecule has 0 spiro atoms. The van der Waals surface area contributed by atoms with Crippen LogP contribution < -0.4 is 10.1 Å². The van der Waals surface area contributed by atoms with Crippen molar-refractivity contribution in [1.29, 1.82) is 0 Å². The van der Waals surface area contributed by atoms with Gasteiger partial charge in [0.2, 0.25) is 0 Å². The maximum absolute atomic E-state index is 13.6. The number of carbonyl (C=O) groups is 1. The molecule has 2 fully saturated rings. The fourth-order valence-corrected chi connectivity index (χ4v) is 6.16. The van der Waals surface area contributed by atoms with E-state index in [9.17, 15) is 14.3 Å². The van der Waals surface area contributed by atoms with Gasteiger partial charge in [-0.25, -0.2) is 4.39 Å². The van der Waals surface area contributed by atoms with E-state index in [1.165, 1.54) is 6.07 Å². The second-order valence-electron chi connectivity index (χ2n) is 10.3. The predicted octanol–water partition coefficient (Wildman–Crippen LogP) is 5.42. The van der Waals surface area contributed by atoms with Gasteiger partial charge in [-0.3, -0.25) is 9.78 Å². The normalized spacial score (nSPS) is 24.4. The highest BCUT2D eigenvalue weighted by atomic mass is 35.5. The largest absolute Gasteiger partial charge is 0.497 e. The molecule has 2 N–H and O–H groups in total. The number of pyridine rings is 1. The van der Waals surface area contributed by atoms with Gasteiger partial charge >= 0.3 is 5.97 Å². The molecule has 2 aromatic carbocycles. The van der Waals surface area contributed by atoms with Crippen LogP contribution in [0.15, 0.2) is 48.7 Å². The van der Waals surface area contributed by atoms with Crippen molar-refractivity contribution in [2.45, 2.75) is 56.0 Å². The highest BCUT2D eigenvalue weighted by molar-refractivity contribution is 6.32. The van der Waals surface area contributed by atoms with Crippen molar-refractivity contribution in [3.05, 3.63) is 70.6 Å². The molecule has 1 saturated heterocycles. The molecule has 3 aromatic rings. The van der Waals surface area contributed by atoms with E-state index in [2.05, 4.69) is 15.2 Å². The van der Waals surface area contributed by atoms with Crippen molar-refractivity contribution in [2.75, 3.05) is 26.7 Å². The number of methoxy groups -OCH3 is 1. The number of carboxylic acid groups (broad SMARTS) is 1. The minimum Gasteiger partial charge on any atom is -0.497 e. The van der Waals surface area contributed by atoms with Gasteiger partial charge in [0.15, 0.2) is 0 Å². The molecule has 1 aliphatic carbocycles. The summed E-state index contributed by atoms with van der Waals surface area (Å²) >= 11 is 6.51. The lowest BCUT2D eigenvalue weighted by atomic mass is 9.75. The Labute approximate surface area is 221 Å². The summed E-state index contributed by atoms with van der Waals surface area (Å²) in [6, 6.07) is 13.0. The van der Waals surface area contributed by atoms with E-state index in [0.717, 1.165) is 60.1 Å². The molecule has 196 valence electrons. The third kappa shape index (κ3) is 5.44. The lowest BCUT2D eigenvalue weighted by Gasteiger charge is -2.43. The Balaban J connectivity index is 1.22. The van der Waals surface area contributed by atoms with Crippen LogP contribution in [0.5, 0.6) is 5.75 Å². The Hall–Kier alpha value is -2.74. The van der Waals surface area contributed by atoms with Gasteiger partial charge in [0.05, 0.1) is 17.6 Å². The molecule has 1 atom stereocenters. The molecule has 37 heavy (non-hydrogen) atoms. The van der Waals surface area contributed by atoms with Crippen molar-refractivity contribution in [3.8, 4) is 5.75 Å². The molecular weight excluding hydrogens is 493 g/mol. The van der Waals surface area contributed by atoms with Crippen LogP contribution >= 0.6 is 11.6 Å². The van der Waals surface area contributed by atoms with Crippen LogP contribution in [0.3, 0.4) is 0 Å². The average molecular weight is 526 g/mol. The Morgan fingerprint density at radius 1 is 1.24 bits per heavy atom. The number of carboxylic acids is 1. The number of aliphatic carboxylic acids is 1. The minimum atomic E-state index is -0.965. The summed E-state index contributed by atoms with van der Waals surface area (Å²) < 4.78 is 19.0. The van der Waals surface area contributed by atoms with E-state index < -0.39 is 11.5 Å². The topological polar surface area (TPSA) is 74.7 Å². The minimum absolute atomic E-state index is 0.187. The van der Waals surface area contributed by atoms with Crippen molar-refractivity contribution < 1.29 is 19.0 Å². The van der Waals surface area contributed by atoms with Gasteiger partial charge in [0.1, 0.15) is 17.1 Å². The monoisotopic (exact) mass is 525 g/mol. The zero-order chi connectivity index (χ0) is 26.0. The summed E-state index contributed by atoms with van der Waals surface area (Å²) in [5.74, 6) is 0.123. The first-order valence-corrected chi connectivity index (χ1v) is 13.4. The number of likely N-dealkylation sites (tertiary alicyclic amines) is 1. The molecule has 0 amide bonds. The number of halogens is 2. The Bertz CT molecular complexity index is 1280. The first-order valence-electron chi connectivity index (χ1n) is 13.0. The second-order valence-corrected chi connectivity index (χ2v) is 10.7. The number of rotatable bonds is 8. The van der Waals surface area contributed by atoms with Crippen LogP contribution in [0.2, 0.25) is 5.02 Å². The molecule has 1 aliphatic heterocycles. The molecule has 1 aromatic heterocycles. The molecule has 8 heteroatoms. The number of aromatic nitrogens is 1. The lowest BCUT2D eigenvalue weighted by molar-refractivity contribution is -0.145. The average Bonchev–Trinajstić information content (AvgIpc) is 3.08. The van der Waals surface area contributed by atoms with E-state index in [1.807, 2.05) is 24.3 Å². The summed E-state index contributed by atoms with van der Waals surface area (Å²) in [5, 5.41) is 15.1. The standard InChI is InChI=1S/C29H33ClFN3O3/c1-37-23-6-7-27-25(17-23)24(26(30)18-32-27)8-11-33-29(28(35)36)9-3-12-34(13-10-29)22-15-20(16-22)19-4-2-5-21(31)14-19/h2,4-7,14,17-18,20,22,33H,3,8-13,15-16H2,1H3,(H,35,36). The van der Waals surface area contributed by atoms with Crippen LogP contribution in [0, 0.1) is 5.82 Å². The summed E-state index contributed by atoms with van der Waals surface area (Å²) in [6.07, 6.45) is 6.16. The molecule has 2 aliphatic rings. The first kappa shape index (κ1) is 25.9. The van der Waals surface area contributed by atoms with Crippen molar-refractivity contribution in [2.24, 2.45) is 0 Å². The number of hydrogen-bond acceptors (Lipinski definition) is 5. The Kier molecular flexibility index (Phi) is 7.65. The third-order valence-corrected chi connectivity index (χ3v) is 8.53. The van der Waals surface area contributed by atoms with E-state index >= 15 is 0 Å². The fourth-order valence-electron chi connectivity index (χ4n) is 5.92. The van der Waals surface area contributed by atoms with Gasteiger partial charge in [-0.1, -0.05) is 23.7 Å². The van der Waals surface area contributed by atoms with Gasteiger partial charge in [0, 0.05) is 30.7 Å². The van der Waals surface area contributed by atoms with Crippen LogP contribution in [0.25, 0.3) is 10.9 Å². The van der Waals surface area contributed by atoms with Crippen LogP contribution in [0.1, 0.15) is 49.1 Å². The van der Waals surface area contributed by atoms with Crippen molar-refractivity contribution in [1.82, 2.24) is 15.2 Å². The molecular formula is C29H33ClFN3O3. The third-order valence-electron chi connectivity index (χ3n) is 8.21. The maximum Gasteiger partial charge on any atom is 0.323 e.